The van der Waals surface area contributed by atoms with Crippen LogP contribution in [0.5, 0.6) is 0 Å². The average molecular weight is 402 g/mol. The molecule has 30 heavy (non-hydrogen) atoms. The van der Waals surface area contributed by atoms with Gasteiger partial charge < -0.3 is 15.8 Å². The monoisotopic (exact) mass is 402 g/mol. The van der Waals surface area contributed by atoms with Crippen LogP contribution in [0.1, 0.15) is 29.0 Å². The molecule has 3 aromatic rings. The Morgan fingerprint density at radius 2 is 1.70 bits per heavy atom. The molecular formula is C25H23FN2O2. The molecule has 0 fully saturated rings. The van der Waals surface area contributed by atoms with Crippen LogP contribution in [0.15, 0.2) is 72.8 Å². The summed E-state index contributed by atoms with van der Waals surface area (Å²) < 4.78 is 18.6. The second-order valence-corrected chi connectivity index (χ2v) is 7.22. The van der Waals surface area contributed by atoms with Crippen LogP contribution in [-0.2, 0) is 4.74 Å². The largest absolute Gasteiger partial charge is 0.449 e. The van der Waals surface area contributed by atoms with E-state index in [1.807, 2.05) is 36.4 Å². The predicted octanol–water partition coefficient (Wildman–Crippen LogP) is 5.35. The third-order valence-electron chi connectivity index (χ3n) is 5.27. The first-order valence-electron chi connectivity index (χ1n) is 9.94. The number of fused-ring (bicyclic) bond motifs is 3. The Hall–Kier alpha value is -3.60. The van der Waals surface area contributed by atoms with Crippen molar-refractivity contribution in [2.75, 3.05) is 18.9 Å². The summed E-state index contributed by atoms with van der Waals surface area (Å²) in [5, 5.41) is 2.76. The molecule has 1 aliphatic rings. The number of hydrogen-bond donors (Lipinski definition) is 2. The first-order chi connectivity index (χ1) is 14.6. The van der Waals surface area contributed by atoms with Crippen molar-refractivity contribution >= 4 is 17.9 Å². The third kappa shape index (κ3) is 4.20. The zero-order chi connectivity index (χ0) is 20.9. The maximum atomic E-state index is 13.1. The van der Waals surface area contributed by atoms with Crippen molar-refractivity contribution in [3.8, 4) is 11.1 Å². The number of rotatable bonds is 6. The Balaban J connectivity index is 1.28. The van der Waals surface area contributed by atoms with Gasteiger partial charge in [-0.1, -0.05) is 66.7 Å². The van der Waals surface area contributed by atoms with Gasteiger partial charge in [-0.05, 0) is 46.4 Å². The lowest BCUT2D eigenvalue weighted by molar-refractivity contribution is 0.143. The van der Waals surface area contributed by atoms with E-state index in [0.717, 1.165) is 5.56 Å². The van der Waals surface area contributed by atoms with E-state index < -0.39 is 6.09 Å². The fourth-order valence-electron chi connectivity index (χ4n) is 3.81. The van der Waals surface area contributed by atoms with E-state index in [-0.39, 0.29) is 11.7 Å². The van der Waals surface area contributed by atoms with Gasteiger partial charge in [0.2, 0.25) is 0 Å². The summed E-state index contributed by atoms with van der Waals surface area (Å²) in [6.07, 6.45) is 3.87. The first kappa shape index (κ1) is 19.7. The zero-order valence-corrected chi connectivity index (χ0v) is 16.5. The van der Waals surface area contributed by atoms with Crippen LogP contribution in [0.25, 0.3) is 17.2 Å². The van der Waals surface area contributed by atoms with Crippen molar-refractivity contribution in [2.24, 2.45) is 0 Å². The number of nitrogens with two attached hydrogens (primary N) is 1. The maximum absolute atomic E-state index is 13.1. The highest BCUT2D eigenvalue weighted by Crippen LogP contribution is 2.44. The molecular weight excluding hydrogens is 379 g/mol. The van der Waals surface area contributed by atoms with E-state index >= 15 is 0 Å². The minimum absolute atomic E-state index is 0.0458. The van der Waals surface area contributed by atoms with E-state index in [4.69, 9.17) is 10.5 Å². The maximum Gasteiger partial charge on any atom is 0.407 e. The zero-order valence-electron chi connectivity index (χ0n) is 16.5. The lowest BCUT2D eigenvalue weighted by Gasteiger charge is -2.14. The molecule has 0 spiro atoms. The molecule has 4 nitrogen and oxygen atoms in total. The fourth-order valence-corrected chi connectivity index (χ4v) is 3.81. The molecule has 3 aromatic carbocycles. The quantitative estimate of drug-likeness (QED) is 0.431. The molecule has 0 aromatic heterocycles. The van der Waals surface area contributed by atoms with Crippen LogP contribution in [-0.4, -0.2) is 19.2 Å². The smallest absolute Gasteiger partial charge is 0.407 e. The fraction of sp³-hybridized carbons (Fsp3) is 0.160. The molecule has 1 amide bonds. The molecule has 0 unspecified atom stereocenters. The third-order valence-corrected chi connectivity index (χ3v) is 5.27. The summed E-state index contributed by atoms with van der Waals surface area (Å²) in [6, 6.07) is 20.7. The Morgan fingerprint density at radius 3 is 2.37 bits per heavy atom. The molecule has 152 valence electrons. The summed E-state index contributed by atoms with van der Waals surface area (Å²) in [4.78, 5) is 12.1. The van der Waals surface area contributed by atoms with E-state index in [1.165, 1.54) is 34.4 Å². The van der Waals surface area contributed by atoms with Gasteiger partial charge in [-0.15, -0.1) is 0 Å². The summed E-state index contributed by atoms with van der Waals surface area (Å²) in [5.74, 6) is -0.314. The van der Waals surface area contributed by atoms with Gasteiger partial charge in [0, 0.05) is 18.2 Å². The highest BCUT2D eigenvalue weighted by molar-refractivity contribution is 5.79. The number of nitrogens with one attached hydrogen (secondary N) is 1. The van der Waals surface area contributed by atoms with Gasteiger partial charge in [-0.25, -0.2) is 9.18 Å². The number of carbonyl (C=O) groups excluding carboxylic acids is 1. The first-order valence-corrected chi connectivity index (χ1v) is 9.94. The van der Waals surface area contributed by atoms with Crippen molar-refractivity contribution in [3.63, 3.8) is 0 Å². The lowest BCUT2D eigenvalue weighted by Crippen LogP contribution is -2.26. The normalized spacial score (nSPS) is 12.6. The Labute approximate surface area is 175 Å². The molecule has 0 heterocycles. The molecule has 0 atom stereocenters. The summed E-state index contributed by atoms with van der Waals surface area (Å²) in [7, 11) is 0. The van der Waals surface area contributed by atoms with Crippen molar-refractivity contribution in [2.45, 2.75) is 12.3 Å². The molecule has 0 saturated carbocycles. The molecule has 4 rings (SSSR count). The second-order valence-electron chi connectivity index (χ2n) is 7.22. The van der Waals surface area contributed by atoms with Gasteiger partial charge in [-0.2, -0.15) is 0 Å². The molecule has 0 aliphatic heterocycles. The van der Waals surface area contributed by atoms with Gasteiger partial charge in [0.25, 0.3) is 0 Å². The summed E-state index contributed by atoms with van der Waals surface area (Å²) in [5.41, 5.74) is 11.7. The van der Waals surface area contributed by atoms with E-state index in [2.05, 4.69) is 29.6 Å². The number of benzene rings is 3. The van der Waals surface area contributed by atoms with E-state index in [1.54, 1.807) is 6.07 Å². The number of alkyl carbamates (subject to hydrolysis) is 1. The van der Waals surface area contributed by atoms with Crippen molar-refractivity contribution in [1.29, 1.82) is 0 Å². The van der Waals surface area contributed by atoms with Gasteiger partial charge in [-0.3, -0.25) is 0 Å². The van der Waals surface area contributed by atoms with Gasteiger partial charge >= 0.3 is 6.09 Å². The number of amides is 1. The number of halogens is 1. The van der Waals surface area contributed by atoms with Gasteiger partial charge in [0.1, 0.15) is 12.4 Å². The second kappa shape index (κ2) is 8.82. The number of ether oxygens (including phenoxy) is 1. The predicted molar refractivity (Wildman–Crippen MR) is 118 cm³/mol. The van der Waals surface area contributed by atoms with E-state index in [9.17, 15) is 9.18 Å². The van der Waals surface area contributed by atoms with Crippen molar-refractivity contribution in [3.05, 3.63) is 95.3 Å². The Bertz CT molecular complexity index is 1050. The van der Waals surface area contributed by atoms with Gasteiger partial charge in [0.15, 0.2) is 0 Å². The molecule has 0 bridgehead atoms. The van der Waals surface area contributed by atoms with Crippen molar-refractivity contribution in [1.82, 2.24) is 5.32 Å². The van der Waals surface area contributed by atoms with Crippen molar-refractivity contribution < 1.29 is 13.9 Å². The van der Waals surface area contributed by atoms with Crippen LogP contribution in [0, 0.1) is 5.82 Å². The number of anilines is 1. The molecule has 1 aliphatic carbocycles. The summed E-state index contributed by atoms with van der Waals surface area (Å²) >= 11 is 0. The highest BCUT2D eigenvalue weighted by atomic mass is 19.1. The van der Waals surface area contributed by atoms with E-state index in [0.29, 0.717) is 25.3 Å². The van der Waals surface area contributed by atoms with Gasteiger partial charge in [0.05, 0.1) is 0 Å². The van der Waals surface area contributed by atoms with Crippen LogP contribution < -0.4 is 11.1 Å². The van der Waals surface area contributed by atoms with Crippen LogP contribution in [0.4, 0.5) is 14.9 Å². The topological polar surface area (TPSA) is 64.3 Å². The Morgan fingerprint density at radius 1 is 1.03 bits per heavy atom. The number of nitrogen functional groups attached to an aromatic ring is 1. The van der Waals surface area contributed by atoms with Crippen LogP contribution >= 0.6 is 0 Å². The minimum atomic E-state index is -0.438. The lowest BCUT2D eigenvalue weighted by atomic mass is 9.98. The molecule has 3 N–H and O–H groups in total. The molecule has 0 saturated heterocycles. The Kier molecular flexibility index (Phi) is 5.80. The summed E-state index contributed by atoms with van der Waals surface area (Å²) in [6.45, 7) is 0.732. The molecule has 0 radical (unpaired) electrons. The van der Waals surface area contributed by atoms with Crippen LogP contribution in [0.3, 0.4) is 0 Å². The average Bonchev–Trinajstić information content (AvgIpc) is 3.07. The standard InChI is InChI=1S/C25H23FN2O2/c26-18-13-12-17(24(27)15-18)7-5-6-14-28-25(29)30-16-23-21-10-3-1-8-19(21)20-9-2-4-11-22(20)23/h1-5,7-13,15,23H,6,14,16,27H2,(H,28,29). The molecule has 5 heteroatoms. The number of carbonyl (C=O) groups is 1. The van der Waals surface area contributed by atoms with Crippen LogP contribution in [0.2, 0.25) is 0 Å². The SMILES string of the molecule is Nc1cc(F)ccc1C=CCCNC(=O)OCC1c2ccccc2-c2ccccc21. The minimum Gasteiger partial charge on any atom is -0.449 e. The highest BCUT2D eigenvalue weighted by Gasteiger charge is 2.28. The number of hydrogen-bond acceptors (Lipinski definition) is 3.